The summed E-state index contributed by atoms with van der Waals surface area (Å²) in [4.78, 5) is 37.9. The fourth-order valence-corrected chi connectivity index (χ4v) is 4.31. The van der Waals surface area contributed by atoms with Crippen molar-refractivity contribution in [2.45, 2.75) is 0 Å². The summed E-state index contributed by atoms with van der Waals surface area (Å²) in [5, 5.41) is 7.32. The Hall–Kier alpha value is -4.18. The van der Waals surface area contributed by atoms with Gasteiger partial charge in [0.25, 0.3) is 11.8 Å². The standard InChI is InChI=1S/C29H20BrCl2N3O5/c1-39-23-9-5-17(6-10-23)29(38)40-26-12-7-20(30)13-19(26)16-33-35-27(36)18-3-2-4-22(14-18)34-28(37)24-11-8-21(31)15-25(24)32/h2-16H,1H3,(H,34,37)(H,35,36). The van der Waals surface area contributed by atoms with E-state index in [0.29, 0.717) is 32.1 Å². The van der Waals surface area contributed by atoms with E-state index in [1.54, 1.807) is 66.7 Å². The molecule has 0 saturated heterocycles. The van der Waals surface area contributed by atoms with E-state index in [9.17, 15) is 14.4 Å². The molecule has 0 aliphatic carbocycles. The first-order valence-electron chi connectivity index (χ1n) is 11.6. The number of rotatable bonds is 8. The van der Waals surface area contributed by atoms with E-state index in [-0.39, 0.29) is 21.9 Å². The van der Waals surface area contributed by atoms with Gasteiger partial charge in [-0.15, -0.1) is 0 Å². The second kappa shape index (κ2) is 13.3. The SMILES string of the molecule is COc1ccc(C(=O)Oc2ccc(Br)cc2C=NNC(=O)c2cccc(NC(=O)c3ccc(Cl)cc3Cl)c2)cc1. The number of amides is 2. The lowest BCUT2D eigenvalue weighted by Gasteiger charge is -2.09. The van der Waals surface area contributed by atoms with Crippen molar-refractivity contribution in [2.75, 3.05) is 12.4 Å². The van der Waals surface area contributed by atoms with Crippen LogP contribution < -0.4 is 20.2 Å². The van der Waals surface area contributed by atoms with Crippen LogP contribution >= 0.6 is 39.1 Å². The Balaban J connectivity index is 1.43. The van der Waals surface area contributed by atoms with Crippen LogP contribution in [0.4, 0.5) is 5.69 Å². The van der Waals surface area contributed by atoms with Gasteiger partial charge in [-0.25, -0.2) is 10.2 Å². The van der Waals surface area contributed by atoms with Crippen LogP contribution in [0.2, 0.25) is 10.0 Å². The molecule has 202 valence electrons. The van der Waals surface area contributed by atoms with Gasteiger partial charge in [-0.3, -0.25) is 9.59 Å². The van der Waals surface area contributed by atoms with Crippen molar-refractivity contribution in [1.82, 2.24) is 5.43 Å². The normalized spacial score (nSPS) is 10.7. The minimum absolute atomic E-state index is 0.204. The Morgan fingerprint density at radius 2 is 1.65 bits per heavy atom. The molecule has 2 amide bonds. The van der Waals surface area contributed by atoms with Gasteiger partial charge in [0.2, 0.25) is 0 Å². The van der Waals surface area contributed by atoms with Crippen molar-refractivity contribution in [1.29, 1.82) is 0 Å². The predicted molar refractivity (Wildman–Crippen MR) is 158 cm³/mol. The van der Waals surface area contributed by atoms with Crippen LogP contribution in [0.1, 0.15) is 36.6 Å². The molecule has 0 saturated carbocycles. The van der Waals surface area contributed by atoms with E-state index < -0.39 is 17.8 Å². The Bertz CT molecular complexity index is 1610. The molecule has 0 spiro atoms. The molecule has 11 heteroatoms. The van der Waals surface area contributed by atoms with E-state index in [2.05, 4.69) is 31.8 Å². The van der Waals surface area contributed by atoms with Crippen LogP contribution in [0.3, 0.4) is 0 Å². The van der Waals surface area contributed by atoms with Gasteiger partial charge in [0.15, 0.2) is 0 Å². The van der Waals surface area contributed by atoms with Gasteiger partial charge < -0.3 is 14.8 Å². The monoisotopic (exact) mass is 639 g/mol. The van der Waals surface area contributed by atoms with Gasteiger partial charge in [0.1, 0.15) is 11.5 Å². The average Bonchev–Trinajstić information content (AvgIpc) is 2.94. The minimum Gasteiger partial charge on any atom is -0.497 e. The molecule has 0 atom stereocenters. The van der Waals surface area contributed by atoms with Crippen LogP contribution in [0.25, 0.3) is 0 Å². The highest BCUT2D eigenvalue weighted by Crippen LogP contribution is 2.24. The second-order valence-corrected chi connectivity index (χ2v) is 9.92. The first-order chi connectivity index (χ1) is 19.2. The third-order valence-corrected chi connectivity index (χ3v) is 6.47. The first-order valence-corrected chi connectivity index (χ1v) is 13.1. The summed E-state index contributed by atoms with van der Waals surface area (Å²) in [5.74, 6) is -0.690. The van der Waals surface area contributed by atoms with E-state index in [1.165, 1.54) is 31.5 Å². The summed E-state index contributed by atoms with van der Waals surface area (Å²) in [6.45, 7) is 0. The summed E-state index contributed by atoms with van der Waals surface area (Å²) >= 11 is 15.4. The van der Waals surface area contributed by atoms with Gasteiger partial charge in [0, 0.05) is 26.3 Å². The molecular formula is C29H20BrCl2N3O5. The van der Waals surface area contributed by atoms with E-state index in [4.69, 9.17) is 32.7 Å². The highest BCUT2D eigenvalue weighted by molar-refractivity contribution is 9.10. The molecule has 0 bridgehead atoms. The number of carbonyl (C=O) groups is 3. The molecule has 0 aliphatic rings. The Labute approximate surface area is 248 Å². The van der Waals surface area contributed by atoms with Crippen LogP contribution in [-0.2, 0) is 0 Å². The van der Waals surface area contributed by atoms with Crippen LogP contribution in [0.5, 0.6) is 11.5 Å². The lowest BCUT2D eigenvalue weighted by molar-refractivity contribution is 0.0733. The number of anilines is 1. The smallest absolute Gasteiger partial charge is 0.343 e. The molecule has 40 heavy (non-hydrogen) atoms. The maximum Gasteiger partial charge on any atom is 0.343 e. The molecule has 8 nitrogen and oxygen atoms in total. The molecule has 0 fully saturated rings. The van der Waals surface area contributed by atoms with Gasteiger partial charge in [0.05, 0.1) is 29.5 Å². The van der Waals surface area contributed by atoms with E-state index >= 15 is 0 Å². The molecule has 0 aromatic heterocycles. The van der Waals surface area contributed by atoms with E-state index in [1.807, 2.05) is 0 Å². The quantitative estimate of drug-likeness (QED) is 0.0934. The van der Waals surface area contributed by atoms with Crippen molar-refractivity contribution < 1.29 is 23.9 Å². The average molecular weight is 641 g/mol. The lowest BCUT2D eigenvalue weighted by atomic mass is 10.1. The van der Waals surface area contributed by atoms with Crippen molar-refractivity contribution in [3.63, 3.8) is 0 Å². The number of nitrogens with one attached hydrogen (secondary N) is 2. The molecule has 0 radical (unpaired) electrons. The largest absolute Gasteiger partial charge is 0.497 e. The Morgan fingerprint density at radius 1 is 0.875 bits per heavy atom. The molecule has 4 aromatic rings. The van der Waals surface area contributed by atoms with Crippen molar-refractivity contribution in [3.05, 3.63) is 122 Å². The number of hydrogen-bond acceptors (Lipinski definition) is 6. The lowest BCUT2D eigenvalue weighted by Crippen LogP contribution is -2.18. The Morgan fingerprint density at radius 3 is 2.38 bits per heavy atom. The topological polar surface area (TPSA) is 106 Å². The highest BCUT2D eigenvalue weighted by atomic mass is 79.9. The number of hydrogen-bond donors (Lipinski definition) is 2. The summed E-state index contributed by atoms with van der Waals surface area (Å²) in [6.07, 6.45) is 1.35. The zero-order valence-corrected chi connectivity index (χ0v) is 23.9. The fraction of sp³-hybridized carbons (Fsp3) is 0.0345. The summed E-state index contributed by atoms with van der Waals surface area (Å²) in [7, 11) is 1.54. The number of nitrogens with zero attached hydrogens (tertiary/aromatic N) is 1. The number of hydrazone groups is 1. The number of benzene rings is 4. The molecule has 0 unspecified atom stereocenters. The number of ether oxygens (including phenoxy) is 2. The third kappa shape index (κ3) is 7.47. The zero-order chi connectivity index (χ0) is 28.6. The van der Waals surface area contributed by atoms with Crippen molar-refractivity contribution in [3.8, 4) is 11.5 Å². The predicted octanol–water partition coefficient (Wildman–Crippen LogP) is 7.00. The minimum atomic E-state index is -0.567. The van der Waals surface area contributed by atoms with Crippen LogP contribution in [0, 0.1) is 0 Å². The maximum absolute atomic E-state index is 12.7. The summed E-state index contributed by atoms with van der Waals surface area (Å²) in [6, 6.07) is 22.3. The maximum atomic E-state index is 12.7. The number of carbonyl (C=O) groups excluding carboxylic acids is 3. The number of esters is 1. The van der Waals surface area contributed by atoms with Gasteiger partial charge in [-0.1, -0.05) is 45.2 Å². The van der Waals surface area contributed by atoms with Crippen molar-refractivity contribution >= 4 is 68.8 Å². The summed E-state index contributed by atoms with van der Waals surface area (Å²) < 4.78 is 11.4. The van der Waals surface area contributed by atoms with Gasteiger partial charge in [-0.2, -0.15) is 5.10 Å². The molecule has 0 aliphatic heterocycles. The highest BCUT2D eigenvalue weighted by Gasteiger charge is 2.14. The molecule has 0 heterocycles. The van der Waals surface area contributed by atoms with Crippen molar-refractivity contribution in [2.24, 2.45) is 5.10 Å². The number of methoxy groups -OCH3 is 1. The number of halogens is 3. The molecule has 2 N–H and O–H groups in total. The zero-order valence-electron chi connectivity index (χ0n) is 20.8. The molecular weight excluding hydrogens is 621 g/mol. The fourth-order valence-electron chi connectivity index (χ4n) is 3.43. The second-order valence-electron chi connectivity index (χ2n) is 8.16. The van der Waals surface area contributed by atoms with Gasteiger partial charge >= 0.3 is 5.97 Å². The Kier molecular flexibility index (Phi) is 9.55. The first kappa shape index (κ1) is 28.8. The summed E-state index contributed by atoms with van der Waals surface area (Å²) in [5.41, 5.74) is 4.08. The molecule has 4 rings (SSSR count). The van der Waals surface area contributed by atoms with Gasteiger partial charge in [-0.05, 0) is 78.9 Å². The van der Waals surface area contributed by atoms with Crippen LogP contribution in [0.15, 0.2) is 94.5 Å². The molecule has 4 aromatic carbocycles. The van der Waals surface area contributed by atoms with E-state index in [0.717, 1.165) is 0 Å². The third-order valence-electron chi connectivity index (χ3n) is 5.43. The van der Waals surface area contributed by atoms with Crippen LogP contribution in [-0.4, -0.2) is 31.1 Å².